The fourth-order valence-electron chi connectivity index (χ4n) is 3.54. The van der Waals surface area contributed by atoms with E-state index in [1.54, 1.807) is 13.8 Å². The third-order valence-electron chi connectivity index (χ3n) is 4.93. The maximum absolute atomic E-state index is 12.4. The zero-order valence-electron chi connectivity index (χ0n) is 18.9. The van der Waals surface area contributed by atoms with E-state index in [4.69, 9.17) is 4.42 Å². The van der Waals surface area contributed by atoms with Gasteiger partial charge in [-0.15, -0.1) is 13.2 Å². The molecule has 0 aliphatic carbocycles. The Labute approximate surface area is 198 Å². The molecule has 0 saturated carbocycles. The number of hydrogen-bond acceptors (Lipinski definition) is 6. The summed E-state index contributed by atoms with van der Waals surface area (Å²) in [6, 6.07) is 15.6. The van der Waals surface area contributed by atoms with Crippen molar-refractivity contribution in [3.8, 4) is 28.6 Å². The maximum atomic E-state index is 12.4. The van der Waals surface area contributed by atoms with E-state index in [0.29, 0.717) is 23.4 Å². The summed E-state index contributed by atoms with van der Waals surface area (Å²) in [4.78, 5) is 16.7. The molecule has 0 aliphatic rings. The minimum Gasteiger partial charge on any atom is -0.443 e. The third kappa shape index (κ3) is 6.57. The van der Waals surface area contributed by atoms with E-state index < -0.39 is 12.0 Å². The smallest absolute Gasteiger partial charge is 0.443 e. The molecule has 1 N–H and O–H groups in total. The highest BCUT2D eigenvalue weighted by Crippen LogP contribution is 2.27. The van der Waals surface area contributed by atoms with E-state index in [2.05, 4.69) is 14.8 Å². The molecule has 182 valence electrons. The Kier molecular flexibility index (Phi) is 6.49. The highest BCUT2D eigenvalue weighted by Gasteiger charge is 2.31. The van der Waals surface area contributed by atoms with Crippen LogP contribution in [0.15, 0.2) is 76.1 Å². The summed E-state index contributed by atoms with van der Waals surface area (Å²) in [5.74, 6) is -0.189. The molecule has 0 fully saturated rings. The average Bonchev–Trinajstić information content (AvgIpc) is 3.24. The molecule has 0 atom stereocenters. The molecule has 35 heavy (non-hydrogen) atoms. The van der Waals surface area contributed by atoms with Crippen LogP contribution in [0.25, 0.3) is 22.8 Å². The molecule has 7 nitrogen and oxygen atoms in total. The molecule has 4 rings (SSSR count). The van der Waals surface area contributed by atoms with E-state index in [9.17, 15) is 23.1 Å². The summed E-state index contributed by atoms with van der Waals surface area (Å²) in [6.45, 7) is 3.66. The van der Waals surface area contributed by atoms with Gasteiger partial charge in [-0.25, -0.2) is 9.67 Å². The van der Waals surface area contributed by atoms with Crippen molar-refractivity contribution < 1.29 is 27.4 Å². The number of ether oxygens (including phenoxy) is 1. The van der Waals surface area contributed by atoms with Crippen LogP contribution in [-0.4, -0.2) is 31.8 Å². The Bertz CT molecular complexity index is 1370. The lowest BCUT2D eigenvalue weighted by Crippen LogP contribution is -2.23. The van der Waals surface area contributed by atoms with E-state index in [0.717, 1.165) is 11.1 Å². The number of aliphatic hydroxyl groups is 1. The minimum atomic E-state index is -4.77. The Morgan fingerprint density at radius 3 is 2.40 bits per heavy atom. The van der Waals surface area contributed by atoms with Gasteiger partial charge in [-0.05, 0) is 55.3 Å². The largest absolute Gasteiger partial charge is 0.573 e. The van der Waals surface area contributed by atoms with Gasteiger partial charge < -0.3 is 14.3 Å². The first-order valence-electron chi connectivity index (χ1n) is 10.7. The SMILES string of the molecule is CC(C)(O)Cc1cccc(Cn2nc(-c3nc(-c4ccc(OC(F)(F)F)cc4)co3)ccc2=O)c1. The number of nitrogens with zero attached hydrogens (tertiary/aromatic N) is 3. The summed E-state index contributed by atoms with van der Waals surface area (Å²) < 4.78 is 47.7. The van der Waals surface area contributed by atoms with Gasteiger partial charge in [-0.2, -0.15) is 5.10 Å². The van der Waals surface area contributed by atoms with E-state index in [-0.39, 0.29) is 23.7 Å². The molecular weight excluding hydrogens is 463 g/mol. The maximum Gasteiger partial charge on any atom is 0.573 e. The fourth-order valence-corrected chi connectivity index (χ4v) is 3.54. The first-order chi connectivity index (χ1) is 16.4. The second-order valence-corrected chi connectivity index (χ2v) is 8.63. The van der Waals surface area contributed by atoms with Crippen molar-refractivity contribution in [2.45, 2.75) is 38.8 Å². The number of hydrogen-bond donors (Lipinski definition) is 1. The number of rotatable bonds is 7. The van der Waals surface area contributed by atoms with Crippen LogP contribution in [-0.2, 0) is 13.0 Å². The Balaban J connectivity index is 1.54. The lowest BCUT2D eigenvalue weighted by atomic mass is 9.97. The molecule has 0 radical (unpaired) electrons. The predicted molar refractivity (Wildman–Crippen MR) is 122 cm³/mol. The predicted octanol–water partition coefficient (Wildman–Crippen LogP) is 4.83. The summed E-state index contributed by atoms with van der Waals surface area (Å²) in [6.07, 6.45) is -2.95. The van der Waals surface area contributed by atoms with Crippen LogP contribution in [0.1, 0.15) is 25.0 Å². The molecule has 0 aliphatic heterocycles. The standard InChI is InChI=1S/C25H22F3N3O4/c1-24(2,33)13-16-4-3-5-17(12-16)14-31-22(32)11-10-20(30-31)23-29-21(15-34-23)18-6-8-19(9-7-18)35-25(26,27)28/h3-12,15,33H,13-14H2,1-2H3. The quantitative estimate of drug-likeness (QED) is 0.404. The highest BCUT2D eigenvalue weighted by molar-refractivity contribution is 5.62. The van der Waals surface area contributed by atoms with Gasteiger partial charge in [-0.3, -0.25) is 4.79 Å². The molecule has 0 unspecified atom stereocenters. The summed E-state index contributed by atoms with van der Waals surface area (Å²) in [5, 5.41) is 14.4. The van der Waals surface area contributed by atoms with Crippen molar-refractivity contribution in [1.82, 2.24) is 14.8 Å². The minimum absolute atomic E-state index is 0.153. The lowest BCUT2D eigenvalue weighted by molar-refractivity contribution is -0.274. The average molecular weight is 485 g/mol. The molecule has 0 amide bonds. The summed E-state index contributed by atoms with van der Waals surface area (Å²) in [7, 11) is 0. The van der Waals surface area contributed by atoms with Crippen LogP contribution >= 0.6 is 0 Å². The molecule has 2 aromatic carbocycles. The van der Waals surface area contributed by atoms with Crippen molar-refractivity contribution in [2.75, 3.05) is 0 Å². The van der Waals surface area contributed by atoms with Gasteiger partial charge in [0.1, 0.15) is 23.4 Å². The first kappa shape index (κ1) is 24.2. The second kappa shape index (κ2) is 9.38. The molecule has 0 spiro atoms. The molecule has 0 bridgehead atoms. The first-order valence-corrected chi connectivity index (χ1v) is 10.7. The molecule has 0 saturated heterocycles. The Morgan fingerprint density at radius 1 is 1.00 bits per heavy atom. The number of halogens is 3. The van der Waals surface area contributed by atoms with Gasteiger partial charge in [0.15, 0.2) is 0 Å². The molecular formula is C25H22F3N3O4. The normalized spacial score (nSPS) is 12.1. The lowest BCUT2D eigenvalue weighted by Gasteiger charge is -2.17. The van der Waals surface area contributed by atoms with E-state index in [1.165, 1.54) is 47.3 Å². The highest BCUT2D eigenvalue weighted by atomic mass is 19.4. The van der Waals surface area contributed by atoms with Crippen molar-refractivity contribution in [3.05, 3.63) is 88.4 Å². The van der Waals surface area contributed by atoms with Crippen LogP contribution in [0.5, 0.6) is 5.75 Å². The summed E-state index contributed by atoms with van der Waals surface area (Å²) >= 11 is 0. The molecule has 10 heteroatoms. The second-order valence-electron chi connectivity index (χ2n) is 8.63. The topological polar surface area (TPSA) is 90.4 Å². The van der Waals surface area contributed by atoms with Crippen molar-refractivity contribution in [2.24, 2.45) is 0 Å². The van der Waals surface area contributed by atoms with Gasteiger partial charge in [0.2, 0.25) is 5.89 Å². The van der Waals surface area contributed by atoms with E-state index in [1.807, 2.05) is 24.3 Å². The third-order valence-corrected chi connectivity index (χ3v) is 4.93. The molecule has 4 aromatic rings. The van der Waals surface area contributed by atoms with Crippen LogP contribution in [0.4, 0.5) is 13.2 Å². The molecule has 2 heterocycles. The number of alkyl halides is 3. The zero-order chi connectivity index (χ0) is 25.2. The van der Waals surface area contributed by atoms with Crippen LogP contribution in [0.3, 0.4) is 0 Å². The number of benzene rings is 2. The van der Waals surface area contributed by atoms with Crippen molar-refractivity contribution in [1.29, 1.82) is 0 Å². The van der Waals surface area contributed by atoms with Crippen LogP contribution < -0.4 is 10.3 Å². The Morgan fingerprint density at radius 2 is 1.71 bits per heavy atom. The van der Waals surface area contributed by atoms with Gasteiger partial charge >= 0.3 is 6.36 Å². The van der Waals surface area contributed by atoms with Crippen LogP contribution in [0.2, 0.25) is 0 Å². The number of oxazole rings is 1. The fraction of sp³-hybridized carbons (Fsp3) is 0.240. The monoisotopic (exact) mass is 485 g/mol. The zero-order valence-corrected chi connectivity index (χ0v) is 18.9. The Hall–Kier alpha value is -3.92. The van der Waals surface area contributed by atoms with Gasteiger partial charge in [-0.1, -0.05) is 24.3 Å². The van der Waals surface area contributed by atoms with Gasteiger partial charge in [0.25, 0.3) is 5.56 Å². The van der Waals surface area contributed by atoms with Crippen molar-refractivity contribution in [3.63, 3.8) is 0 Å². The van der Waals surface area contributed by atoms with Crippen molar-refractivity contribution >= 4 is 0 Å². The summed E-state index contributed by atoms with van der Waals surface area (Å²) in [5.41, 5.74) is 1.83. The van der Waals surface area contributed by atoms with Gasteiger partial charge in [0.05, 0.1) is 12.1 Å². The van der Waals surface area contributed by atoms with Gasteiger partial charge in [0, 0.05) is 18.1 Å². The van der Waals surface area contributed by atoms with Crippen LogP contribution in [0, 0.1) is 0 Å². The molecule has 2 aromatic heterocycles. The number of aromatic nitrogens is 3. The van der Waals surface area contributed by atoms with E-state index >= 15 is 0 Å².